The molecule has 0 aromatic heterocycles. The minimum Gasteiger partial charge on any atom is -0.385 e. The van der Waals surface area contributed by atoms with Gasteiger partial charge in [-0.25, -0.2) is 0 Å². The maximum Gasteiger partial charge on any atom is 0.0470 e. The first kappa shape index (κ1) is 13.3. The van der Waals surface area contributed by atoms with Crippen LogP contribution in [0.3, 0.4) is 0 Å². The molecule has 3 heteroatoms. The average Bonchev–Trinajstić information content (AvgIpc) is 2.49. The molecule has 1 fully saturated rings. The Hall–Kier alpha value is 0.270. The van der Waals surface area contributed by atoms with Gasteiger partial charge in [-0.1, -0.05) is 19.3 Å². The Morgan fingerprint density at radius 2 is 2.07 bits per heavy atom. The monoisotopic (exact) mass is 231 g/mol. The SMILES string of the molecule is CNC1CCCCCC1SCCCOC. The third-order valence-electron chi connectivity index (χ3n) is 3.15. The molecule has 0 amide bonds. The smallest absolute Gasteiger partial charge is 0.0470 e. The van der Waals surface area contributed by atoms with Crippen molar-refractivity contribution in [3.05, 3.63) is 0 Å². The third-order valence-corrected chi connectivity index (χ3v) is 4.66. The van der Waals surface area contributed by atoms with E-state index in [4.69, 9.17) is 4.74 Å². The van der Waals surface area contributed by atoms with Crippen LogP contribution < -0.4 is 5.32 Å². The van der Waals surface area contributed by atoms with Crippen molar-refractivity contribution in [1.82, 2.24) is 5.32 Å². The van der Waals surface area contributed by atoms with Gasteiger partial charge < -0.3 is 10.1 Å². The molecule has 0 aliphatic heterocycles. The molecule has 1 aliphatic carbocycles. The van der Waals surface area contributed by atoms with Crippen molar-refractivity contribution in [3.8, 4) is 0 Å². The van der Waals surface area contributed by atoms with Gasteiger partial charge in [0.25, 0.3) is 0 Å². The highest BCUT2D eigenvalue weighted by Gasteiger charge is 2.21. The van der Waals surface area contributed by atoms with Gasteiger partial charge >= 0.3 is 0 Å². The summed E-state index contributed by atoms with van der Waals surface area (Å²) in [6.07, 6.45) is 8.18. The highest BCUT2D eigenvalue weighted by molar-refractivity contribution is 7.99. The Morgan fingerprint density at radius 1 is 1.27 bits per heavy atom. The van der Waals surface area contributed by atoms with Gasteiger partial charge in [-0.05, 0) is 32.1 Å². The van der Waals surface area contributed by atoms with Gasteiger partial charge in [-0.15, -0.1) is 0 Å². The van der Waals surface area contributed by atoms with E-state index in [2.05, 4.69) is 24.1 Å². The zero-order valence-corrected chi connectivity index (χ0v) is 10.9. The van der Waals surface area contributed by atoms with Crippen molar-refractivity contribution in [2.75, 3.05) is 26.5 Å². The topological polar surface area (TPSA) is 21.3 Å². The molecule has 0 heterocycles. The van der Waals surface area contributed by atoms with Gasteiger partial charge in [0.15, 0.2) is 0 Å². The van der Waals surface area contributed by atoms with E-state index in [1.165, 1.54) is 44.3 Å². The van der Waals surface area contributed by atoms with Crippen molar-refractivity contribution in [3.63, 3.8) is 0 Å². The maximum absolute atomic E-state index is 5.08. The lowest BCUT2D eigenvalue weighted by atomic mass is 10.1. The molecule has 1 saturated carbocycles. The predicted octanol–water partition coefficient (Wildman–Crippen LogP) is 2.68. The van der Waals surface area contributed by atoms with Crippen LogP contribution in [0.1, 0.15) is 38.5 Å². The molecule has 0 aromatic rings. The zero-order valence-electron chi connectivity index (χ0n) is 10.1. The van der Waals surface area contributed by atoms with Crippen LogP contribution in [0.5, 0.6) is 0 Å². The number of methoxy groups -OCH3 is 1. The van der Waals surface area contributed by atoms with Crippen LogP contribution in [0.15, 0.2) is 0 Å². The van der Waals surface area contributed by atoms with E-state index in [0.29, 0.717) is 0 Å². The standard InChI is InChI=1S/C12H25NOS/c1-13-11-7-4-3-5-8-12(11)15-10-6-9-14-2/h11-13H,3-10H2,1-2H3. The van der Waals surface area contributed by atoms with Gasteiger partial charge in [0, 0.05) is 25.0 Å². The Bertz CT molecular complexity index is 155. The van der Waals surface area contributed by atoms with E-state index < -0.39 is 0 Å². The maximum atomic E-state index is 5.08. The molecule has 2 unspecified atom stereocenters. The van der Waals surface area contributed by atoms with Crippen molar-refractivity contribution in [2.24, 2.45) is 0 Å². The summed E-state index contributed by atoms with van der Waals surface area (Å²) in [7, 11) is 3.89. The normalized spacial score (nSPS) is 27.6. The summed E-state index contributed by atoms with van der Waals surface area (Å²) in [6, 6.07) is 0.736. The van der Waals surface area contributed by atoms with Crippen LogP contribution in [0, 0.1) is 0 Å². The molecule has 0 spiro atoms. The Kier molecular flexibility index (Phi) is 7.49. The molecule has 1 N–H and O–H groups in total. The molecule has 2 atom stereocenters. The zero-order chi connectivity index (χ0) is 10.9. The van der Waals surface area contributed by atoms with Crippen LogP contribution in [-0.2, 0) is 4.74 Å². The highest BCUT2D eigenvalue weighted by atomic mass is 32.2. The summed E-state index contributed by atoms with van der Waals surface area (Å²) in [5, 5.41) is 4.31. The molecule has 90 valence electrons. The van der Waals surface area contributed by atoms with Crippen LogP contribution >= 0.6 is 11.8 Å². The Balaban J connectivity index is 2.22. The molecule has 15 heavy (non-hydrogen) atoms. The second-order valence-electron chi connectivity index (χ2n) is 4.29. The van der Waals surface area contributed by atoms with Crippen LogP contribution in [0.25, 0.3) is 0 Å². The second-order valence-corrected chi connectivity index (χ2v) is 5.64. The third kappa shape index (κ3) is 5.23. The van der Waals surface area contributed by atoms with E-state index in [1.54, 1.807) is 7.11 Å². The van der Waals surface area contributed by atoms with E-state index in [9.17, 15) is 0 Å². The summed E-state index contributed by atoms with van der Waals surface area (Å²) in [5.74, 6) is 1.25. The predicted molar refractivity (Wildman–Crippen MR) is 68.7 cm³/mol. The van der Waals surface area contributed by atoms with Gasteiger partial charge in [-0.3, -0.25) is 0 Å². The number of hydrogen-bond acceptors (Lipinski definition) is 3. The molecule has 1 rings (SSSR count). The summed E-state index contributed by atoms with van der Waals surface area (Å²) < 4.78 is 5.08. The summed E-state index contributed by atoms with van der Waals surface area (Å²) >= 11 is 2.14. The van der Waals surface area contributed by atoms with Gasteiger partial charge in [0.2, 0.25) is 0 Å². The molecule has 0 bridgehead atoms. The van der Waals surface area contributed by atoms with Gasteiger partial charge in [-0.2, -0.15) is 11.8 Å². The first-order valence-corrected chi connectivity index (χ1v) is 7.21. The van der Waals surface area contributed by atoms with Crippen molar-refractivity contribution in [1.29, 1.82) is 0 Å². The minimum absolute atomic E-state index is 0.736. The van der Waals surface area contributed by atoms with E-state index in [1.807, 2.05) is 0 Å². The van der Waals surface area contributed by atoms with Crippen molar-refractivity contribution in [2.45, 2.75) is 49.8 Å². The van der Waals surface area contributed by atoms with Crippen LogP contribution in [0.4, 0.5) is 0 Å². The number of thioether (sulfide) groups is 1. The number of rotatable bonds is 6. The van der Waals surface area contributed by atoms with Gasteiger partial charge in [0.1, 0.15) is 0 Å². The number of ether oxygens (including phenoxy) is 1. The molecule has 0 saturated heterocycles. The molecule has 1 aliphatic rings. The molecule has 0 aromatic carbocycles. The Labute approximate surface area is 98.5 Å². The molecule has 2 nitrogen and oxygen atoms in total. The van der Waals surface area contributed by atoms with Crippen molar-refractivity contribution >= 4 is 11.8 Å². The fraction of sp³-hybridized carbons (Fsp3) is 1.00. The lowest BCUT2D eigenvalue weighted by Gasteiger charge is -2.24. The molecular formula is C12H25NOS. The van der Waals surface area contributed by atoms with E-state index in [0.717, 1.165) is 17.9 Å². The Morgan fingerprint density at radius 3 is 2.80 bits per heavy atom. The lowest BCUT2D eigenvalue weighted by molar-refractivity contribution is 0.200. The number of nitrogens with one attached hydrogen (secondary N) is 1. The first-order valence-electron chi connectivity index (χ1n) is 6.16. The minimum atomic E-state index is 0.736. The van der Waals surface area contributed by atoms with E-state index in [-0.39, 0.29) is 0 Å². The largest absolute Gasteiger partial charge is 0.385 e. The molecular weight excluding hydrogens is 206 g/mol. The first-order chi connectivity index (χ1) is 7.38. The summed E-state index contributed by atoms with van der Waals surface area (Å²) in [6.45, 7) is 0.907. The highest BCUT2D eigenvalue weighted by Crippen LogP contribution is 2.28. The van der Waals surface area contributed by atoms with Crippen LogP contribution in [0.2, 0.25) is 0 Å². The van der Waals surface area contributed by atoms with Crippen molar-refractivity contribution < 1.29 is 4.74 Å². The average molecular weight is 231 g/mol. The summed E-state index contributed by atoms with van der Waals surface area (Å²) in [4.78, 5) is 0. The fourth-order valence-electron chi connectivity index (χ4n) is 2.24. The lowest BCUT2D eigenvalue weighted by Crippen LogP contribution is -2.34. The number of hydrogen-bond donors (Lipinski definition) is 1. The second kappa shape index (κ2) is 8.43. The van der Waals surface area contributed by atoms with Crippen LogP contribution in [-0.4, -0.2) is 37.8 Å². The van der Waals surface area contributed by atoms with E-state index >= 15 is 0 Å². The molecule has 0 radical (unpaired) electrons. The quantitative estimate of drug-likeness (QED) is 0.561. The fourth-order valence-corrected chi connectivity index (χ4v) is 3.67. The summed E-state index contributed by atoms with van der Waals surface area (Å²) in [5.41, 5.74) is 0. The van der Waals surface area contributed by atoms with Gasteiger partial charge in [0.05, 0.1) is 0 Å².